The Morgan fingerprint density at radius 3 is 1.70 bits per heavy atom. The summed E-state index contributed by atoms with van der Waals surface area (Å²) in [5.74, 6) is -0.304. The van der Waals surface area contributed by atoms with Crippen LogP contribution in [0.1, 0.15) is 98.4 Å². The van der Waals surface area contributed by atoms with Gasteiger partial charge in [-0.15, -0.1) is 0 Å². The second kappa shape index (κ2) is 17.1. The Kier molecular flexibility index (Phi) is 15.1. The molecule has 2 aromatic rings. The SMILES string of the molecule is CCCCCCCC.CCC[CH2][Sn][O]C(=O)c1ccc(C(=O)c2ccccc2)cc1. The Labute approximate surface area is 193 Å². The first-order valence-corrected chi connectivity index (χ1v) is 14.5. The van der Waals surface area contributed by atoms with Gasteiger partial charge in [0.1, 0.15) is 0 Å². The fraction of sp³-hybridized carbons (Fsp3) is 0.462. The monoisotopic (exact) mass is 516 g/mol. The van der Waals surface area contributed by atoms with Gasteiger partial charge in [0, 0.05) is 0 Å². The topological polar surface area (TPSA) is 43.4 Å². The first kappa shape index (κ1) is 26.4. The Bertz CT molecular complexity index is 705. The summed E-state index contributed by atoms with van der Waals surface area (Å²) in [5, 5.41) is 0. The van der Waals surface area contributed by atoms with Crippen LogP contribution in [0.4, 0.5) is 0 Å². The molecule has 30 heavy (non-hydrogen) atoms. The van der Waals surface area contributed by atoms with Crippen LogP contribution in [0.25, 0.3) is 0 Å². The Balaban J connectivity index is 0.000000479. The van der Waals surface area contributed by atoms with Crippen molar-refractivity contribution >= 4 is 33.3 Å². The zero-order chi connectivity index (χ0) is 22.0. The molecule has 0 aromatic heterocycles. The van der Waals surface area contributed by atoms with Gasteiger partial charge in [-0.1, -0.05) is 52.4 Å². The van der Waals surface area contributed by atoms with Crippen LogP contribution in [0.15, 0.2) is 54.6 Å². The number of hydrogen-bond donors (Lipinski definition) is 0. The van der Waals surface area contributed by atoms with E-state index in [2.05, 4.69) is 20.8 Å². The number of carbonyl (C=O) groups excluding carboxylic acids is 2. The molecule has 0 fully saturated rings. The number of hydrogen-bond acceptors (Lipinski definition) is 3. The van der Waals surface area contributed by atoms with Crippen LogP contribution < -0.4 is 0 Å². The molecule has 3 nitrogen and oxygen atoms in total. The molecule has 0 atom stereocenters. The van der Waals surface area contributed by atoms with E-state index in [1.807, 2.05) is 18.2 Å². The molecule has 0 N–H and O–H groups in total. The third-order valence-corrected chi connectivity index (χ3v) is 7.21. The van der Waals surface area contributed by atoms with E-state index < -0.39 is 21.6 Å². The van der Waals surface area contributed by atoms with Gasteiger partial charge in [0.05, 0.1) is 0 Å². The third kappa shape index (κ3) is 11.0. The molecular weight excluding hydrogens is 479 g/mol. The van der Waals surface area contributed by atoms with Crippen molar-refractivity contribution in [2.45, 2.75) is 76.6 Å². The molecule has 0 bridgehead atoms. The summed E-state index contributed by atoms with van der Waals surface area (Å²) in [6, 6.07) is 15.8. The number of rotatable bonds is 12. The van der Waals surface area contributed by atoms with Crippen molar-refractivity contribution in [2.24, 2.45) is 0 Å². The van der Waals surface area contributed by atoms with Gasteiger partial charge in [-0.25, -0.2) is 0 Å². The average molecular weight is 515 g/mol. The molecule has 0 amide bonds. The van der Waals surface area contributed by atoms with Crippen LogP contribution in [-0.2, 0) is 3.07 Å². The molecule has 2 radical (unpaired) electrons. The van der Waals surface area contributed by atoms with Crippen LogP contribution in [0.5, 0.6) is 0 Å². The standard InChI is InChI=1S/C14H10O3.C8H18.C4H9.Sn/c15-13(10-4-2-1-3-5-10)11-6-8-12(9-7-11)14(16)17;1-3-5-7-8-6-4-2;1-3-4-2;/h1-9H,(H,16,17);3-8H2,1-2H3;1,3-4H2,2H3;/q;;;+1/p-1. The van der Waals surface area contributed by atoms with E-state index in [4.69, 9.17) is 3.07 Å². The zero-order valence-corrected chi connectivity index (χ0v) is 21.6. The summed E-state index contributed by atoms with van der Waals surface area (Å²) in [6.45, 7) is 6.64. The van der Waals surface area contributed by atoms with Gasteiger partial charge in [0.15, 0.2) is 0 Å². The van der Waals surface area contributed by atoms with E-state index in [0.29, 0.717) is 16.7 Å². The maximum absolute atomic E-state index is 12.3. The first-order valence-electron chi connectivity index (χ1n) is 11.3. The summed E-state index contributed by atoms with van der Waals surface area (Å²) in [4.78, 5) is 24.2. The van der Waals surface area contributed by atoms with E-state index >= 15 is 0 Å². The summed E-state index contributed by atoms with van der Waals surface area (Å²) in [6.07, 6.45) is 10.8. The molecule has 0 spiro atoms. The van der Waals surface area contributed by atoms with Crippen LogP contribution in [-0.4, -0.2) is 33.3 Å². The van der Waals surface area contributed by atoms with Gasteiger partial charge >= 0.3 is 141 Å². The first-order chi connectivity index (χ1) is 14.6. The minimum atomic E-state index is -1.05. The molecule has 0 aliphatic rings. The fourth-order valence-electron chi connectivity index (χ4n) is 2.79. The number of ketones is 1. The van der Waals surface area contributed by atoms with Crippen molar-refractivity contribution in [1.82, 2.24) is 0 Å². The van der Waals surface area contributed by atoms with Gasteiger partial charge < -0.3 is 0 Å². The second-order valence-corrected chi connectivity index (χ2v) is 10.2. The quantitative estimate of drug-likeness (QED) is 0.170. The van der Waals surface area contributed by atoms with Gasteiger partial charge in [0.2, 0.25) is 0 Å². The minimum absolute atomic E-state index is 0.0417. The van der Waals surface area contributed by atoms with Crippen LogP contribution in [0, 0.1) is 0 Å². The molecule has 0 unspecified atom stereocenters. The Morgan fingerprint density at radius 2 is 1.17 bits per heavy atom. The predicted molar refractivity (Wildman–Crippen MR) is 126 cm³/mol. The van der Waals surface area contributed by atoms with E-state index in [0.717, 1.165) is 17.3 Å². The molecule has 0 heterocycles. The van der Waals surface area contributed by atoms with E-state index in [-0.39, 0.29) is 11.8 Å². The Hall–Kier alpha value is -1.62. The van der Waals surface area contributed by atoms with Crippen molar-refractivity contribution in [1.29, 1.82) is 0 Å². The zero-order valence-electron chi connectivity index (χ0n) is 18.8. The summed E-state index contributed by atoms with van der Waals surface area (Å²) < 4.78 is 6.41. The molecular formula is C26H36O3Sn. The maximum atomic E-state index is 12.3. The van der Waals surface area contributed by atoms with Crippen LogP contribution in [0.3, 0.4) is 0 Å². The summed E-state index contributed by atoms with van der Waals surface area (Å²) >= 11 is -1.05. The fourth-order valence-corrected chi connectivity index (χ4v) is 5.21. The van der Waals surface area contributed by atoms with E-state index in [9.17, 15) is 9.59 Å². The number of unbranched alkanes of at least 4 members (excludes halogenated alkanes) is 6. The van der Waals surface area contributed by atoms with Crippen LogP contribution >= 0.6 is 0 Å². The third-order valence-electron chi connectivity index (χ3n) is 4.67. The number of carbonyl (C=O) groups is 2. The van der Waals surface area contributed by atoms with Crippen LogP contribution in [0.2, 0.25) is 4.44 Å². The van der Waals surface area contributed by atoms with Gasteiger partial charge in [-0.3, -0.25) is 0 Å². The number of benzene rings is 2. The molecule has 162 valence electrons. The molecule has 0 saturated carbocycles. The van der Waals surface area contributed by atoms with E-state index in [1.165, 1.54) is 38.5 Å². The molecule has 0 aliphatic heterocycles. The van der Waals surface area contributed by atoms with E-state index in [1.54, 1.807) is 36.4 Å². The van der Waals surface area contributed by atoms with Gasteiger partial charge in [0.25, 0.3) is 0 Å². The Morgan fingerprint density at radius 1 is 0.667 bits per heavy atom. The molecule has 2 rings (SSSR count). The van der Waals surface area contributed by atoms with Crippen molar-refractivity contribution in [2.75, 3.05) is 0 Å². The van der Waals surface area contributed by atoms with Crippen molar-refractivity contribution in [3.05, 3.63) is 71.3 Å². The predicted octanol–water partition coefficient (Wildman–Crippen LogP) is 7.28. The molecule has 4 heteroatoms. The van der Waals surface area contributed by atoms with Crippen molar-refractivity contribution in [3.63, 3.8) is 0 Å². The van der Waals surface area contributed by atoms with Crippen molar-refractivity contribution in [3.8, 4) is 0 Å². The summed E-state index contributed by atoms with van der Waals surface area (Å²) in [7, 11) is 0. The normalized spacial score (nSPS) is 10.1. The van der Waals surface area contributed by atoms with Gasteiger partial charge in [-0.05, 0) is 0 Å². The molecule has 0 aliphatic carbocycles. The van der Waals surface area contributed by atoms with Gasteiger partial charge in [-0.2, -0.15) is 0 Å². The average Bonchev–Trinajstić information content (AvgIpc) is 2.80. The van der Waals surface area contributed by atoms with Crippen molar-refractivity contribution < 1.29 is 12.7 Å². The molecule has 2 aromatic carbocycles. The molecule has 0 saturated heterocycles. The second-order valence-electron chi connectivity index (χ2n) is 7.32. The summed E-state index contributed by atoms with van der Waals surface area (Å²) in [5.41, 5.74) is 1.74.